The first-order valence-corrected chi connectivity index (χ1v) is 9.34. The lowest BCUT2D eigenvalue weighted by molar-refractivity contribution is 0.122. The van der Waals surface area contributed by atoms with E-state index in [0.29, 0.717) is 36.6 Å². The van der Waals surface area contributed by atoms with Crippen LogP contribution in [0.25, 0.3) is 0 Å². The van der Waals surface area contributed by atoms with E-state index < -0.39 is 0 Å². The van der Waals surface area contributed by atoms with Crippen LogP contribution in [0.1, 0.15) is 18.4 Å². The van der Waals surface area contributed by atoms with Crippen LogP contribution in [0.4, 0.5) is 17.8 Å². The third-order valence-electron chi connectivity index (χ3n) is 4.67. The van der Waals surface area contributed by atoms with Crippen LogP contribution in [0.2, 0.25) is 0 Å². The van der Waals surface area contributed by atoms with E-state index >= 15 is 0 Å². The van der Waals surface area contributed by atoms with Crippen LogP contribution in [-0.4, -0.2) is 70.8 Å². The maximum atomic E-state index is 9.57. The Morgan fingerprint density at radius 3 is 2.29 bits per heavy atom. The van der Waals surface area contributed by atoms with Crippen LogP contribution in [0.5, 0.6) is 11.5 Å². The summed E-state index contributed by atoms with van der Waals surface area (Å²) in [6, 6.07) is 4.47. The number of hydrogen-bond acceptors (Lipinski definition) is 10. The van der Waals surface area contributed by atoms with E-state index in [9.17, 15) is 10.2 Å². The number of benzene rings is 1. The topological polar surface area (TPSA) is 119 Å². The van der Waals surface area contributed by atoms with Crippen LogP contribution in [-0.2, 0) is 4.74 Å². The van der Waals surface area contributed by atoms with E-state index in [0.717, 1.165) is 39.0 Å². The summed E-state index contributed by atoms with van der Waals surface area (Å²) in [7, 11) is 0. The van der Waals surface area contributed by atoms with Gasteiger partial charge in [0.05, 0.1) is 19.4 Å². The molecule has 2 aliphatic rings. The number of nitrogens with zero attached hydrogens (tertiary/aromatic N) is 6. The molecule has 2 saturated heterocycles. The Balaban J connectivity index is 1.54. The third-order valence-corrected chi connectivity index (χ3v) is 4.67. The third kappa shape index (κ3) is 4.22. The number of anilines is 3. The second-order valence-electron chi connectivity index (χ2n) is 6.67. The normalized spacial score (nSPS) is 17.4. The molecule has 3 N–H and O–H groups in total. The Labute approximate surface area is 162 Å². The van der Waals surface area contributed by atoms with Gasteiger partial charge in [-0.25, -0.2) is 5.43 Å². The minimum absolute atomic E-state index is 0.173. The van der Waals surface area contributed by atoms with Crippen molar-refractivity contribution in [2.45, 2.75) is 12.8 Å². The predicted molar refractivity (Wildman–Crippen MR) is 105 cm³/mol. The summed E-state index contributed by atoms with van der Waals surface area (Å²) in [5.41, 5.74) is 3.48. The zero-order valence-corrected chi connectivity index (χ0v) is 15.5. The van der Waals surface area contributed by atoms with Gasteiger partial charge in [-0.3, -0.25) is 0 Å². The first-order valence-electron chi connectivity index (χ1n) is 9.34. The number of morpholine rings is 1. The SMILES string of the molecule is Oc1ccc(/C=N/Nc2nc(N3CCCC3)nc(N3CCOCC3)n2)cc1O. The quantitative estimate of drug-likeness (QED) is 0.396. The highest BCUT2D eigenvalue weighted by molar-refractivity contribution is 5.81. The fraction of sp³-hybridized carbons (Fsp3) is 0.444. The summed E-state index contributed by atoms with van der Waals surface area (Å²) in [5, 5.41) is 23.1. The number of nitrogens with one attached hydrogen (secondary N) is 1. The highest BCUT2D eigenvalue weighted by Crippen LogP contribution is 2.24. The molecule has 2 aromatic rings. The molecule has 0 bridgehead atoms. The summed E-state index contributed by atoms with van der Waals surface area (Å²) in [6.07, 6.45) is 3.78. The summed E-state index contributed by atoms with van der Waals surface area (Å²) in [4.78, 5) is 17.9. The fourth-order valence-corrected chi connectivity index (χ4v) is 3.15. The minimum atomic E-state index is -0.199. The second kappa shape index (κ2) is 8.26. The van der Waals surface area contributed by atoms with Gasteiger partial charge in [-0.1, -0.05) is 0 Å². The van der Waals surface area contributed by atoms with Gasteiger partial charge in [0.15, 0.2) is 11.5 Å². The lowest BCUT2D eigenvalue weighted by Crippen LogP contribution is -2.38. The molecule has 28 heavy (non-hydrogen) atoms. The van der Waals surface area contributed by atoms with Crippen molar-refractivity contribution in [3.8, 4) is 11.5 Å². The molecule has 10 heteroatoms. The first kappa shape index (κ1) is 18.2. The molecule has 0 aliphatic carbocycles. The van der Waals surface area contributed by atoms with E-state index in [1.165, 1.54) is 18.3 Å². The number of aromatic hydroxyl groups is 2. The maximum Gasteiger partial charge on any atom is 0.250 e. The van der Waals surface area contributed by atoms with Gasteiger partial charge in [-0.15, -0.1) is 0 Å². The lowest BCUT2D eigenvalue weighted by atomic mass is 10.2. The van der Waals surface area contributed by atoms with Crippen LogP contribution < -0.4 is 15.2 Å². The van der Waals surface area contributed by atoms with Crippen LogP contribution in [0, 0.1) is 0 Å². The van der Waals surface area contributed by atoms with Crippen molar-refractivity contribution >= 4 is 24.1 Å². The van der Waals surface area contributed by atoms with Gasteiger partial charge in [0.25, 0.3) is 0 Å². The second-order valence-corrected chi connectivity index (χ2v) is 6.67. The molecule has 0 saturated carbocycles. The smallest absolute Gasteiger partial charge is 0.250 e. The van der Waals surface area contributed by atoms with Crippen molar-refractivity contribution < 1.29 is 14.9 Å². The Hall–Kier alpha value is -3.14. The fourth-order valence-electron chi connectivity index (χ4n) is 3.15. The average Bonchev–Trinajstić information content (AvgIpc) is 3.26. The number of rotatable bonds is 5. The molecule has 4 rings (SSSR count). The molecule has 1 aromatic heterocycles. The van der Waals surface area contributed by atoms with Crippen molar-refractivity contribution in [1.82, 2.24) is 15.0 Å². The molecule has 148 valence electrons. The molecule has 0 radical (unpaired) electrons. The summed E-state index contributed by atoms with van der Waals surface area (Å²) in [5.74, 6) is 1.25. The Bertz CT molecular complexity index is 849. The van der Waals surface area contributed by atoms with E-state index in [4.69, 9.17) is 4.74 Å². The summed E-state index contributed by atoms with van der Waals surface area (Å²) >= 11 is 0. The number of phenolic OH excluding ortho intramolecular Hbond substituents is 2. The van der Waals surface area contributed by atoms with E-state index in [-0.39, 0.29) is 11.5 Å². The zero-order valence-electron chi connectivity index (χ0n) is 15.5. The van der Waals surface area contributed by atoms with Gasteiger partial charge in [-0.05, 0) is 36.6 Å². The van der Waals surface area contributed by atoms with Gasteiger partial charge < -0.3 is 24.7 Å². The monoisotopic (exact) mass is 385 g/mol. The number of ether oxygens (including phenoxy) is 1. The van der Waals surface area contributed by atoms with Gasteiger partial charge in [0.2, 0.25) is 17.8 Å². The molecule has 2 fully saturated rings. The standard InChI is InChI=1S/C18H23N7O3/c26-14-4-3-13(11-15(14)27)12-19-23-16-20-17(24-5-1-2-6-24)22-18(21-16)25-7-9-28-10-8-25/h3-4,11-12,26-27H,1-2,5-10H2,(H,20,21,22,23)/b19-12+. The number of hydrazone groups is 1. The molecule has 0 unspecified atom stereocenters. The number of phenols is 2. The Morgan fingerprint density at radius 1 is 0.929 bits per heavy atom. The van der Waals surface area contributed by atoms with Crippen molar-refractivity contribution in [2.24, 2.45) is 5.10 Å². The van der Waals surface area contributed by atoms with Crippen LogP contribution in [0.15, 0.2) is 23.3 Å². The highest BCUT2D eigenvalue weighted by atomic mass is 16.5. The van der Waals surface area contributed by atoms with E-state index in [2.05, 4.69) is 35.3 Å². The van der Waals surface area contributed by atoms with Gasteiger partial charge in [0.1, 0.15) is 0 Å². The van der Waals surface area contributed by atoms with Crippen LogP contribution in [0.3, 0.4) is 0 Å². The Morgan fingerprint density at radius 2 is 1.61 bits per heavy atom. The first-order chi connectivity index (χ1) is 13.7. The molecule has 10 nitrogen and oxygen atoms in total. The lowest BCUT2D eigenvalue weighted by Gasteiger charge is -2.27. The molecule has 2 aliphatic heterocycles. The van der Waals surface area contributed by atoms with Crippen molar-refractivity contribution in [2.75, 3.05) is 54.6 Å². The largest absolute Gasteiger partial charge is 0.504 e. The van der Waals surface area contributed by atoms with E-state index in [1.54, 1.807) is 6.07 Å². The van der Waals surface area contributed by atoms with Crippen LogP contribution >= 0.6 is 0 Å². The van der Waals surface area contributed by atoms with Gasteiger partial charge >= 0.3 is 0 Å². The molecular formula is C18H23N7O3. The zero-order chi connectivity index (χ0) is 19.3. The predicted octanol–water partition coefficient (Wildman–Crippen LogP) is 1.17. The van der Waals surface area contributed by atoms with Crippen molar-refractivity contribution in [3.63, 3.8) is 0 Å². The van der Waals surface area contributed by atoms with Crippen molar-refractivity contribution in [1.29, 1.82) is 0 Å². The molecule has 1 aromatic carbocycles. The van der Waals surface area contributed by atoms with Crippen molar-refractivity contribution in [3.05, 3.63) is 23.8 Å². The summed E-state index contributed by atoms with van der Waals surface area (Å²) < 4.78 is 5.41. The molecule has 0 spiro atoms. The molecule has 3 heterocycles. The maximum absolute atomic E-state index is 9.57. The minimum Gasteiger partial charge on any atom is -0.504 e. The molecule has 0 atom stereocenters. The summed E-state index contributed by atoms with van der Waals surface area (Å²) in [6.45, 7) is 4.63. The van der Waals surface area contributed by atoms with Gasteiger partial charge in [0, 0.05) is 26.2 Å². The van der Waals surface area contributed by atoms with Gasteiger partial charge in [-0.2, -0.15) is 20.1 Å². The molecule has 0 amide bonds. The Kier molecular flexibility index (Phi) is 5.38. The average molecular weight is 385 g/mol. The van der Waals surface area contributed by atoms with E-state index in [1.807, 2.05) is 0 Å². The number of aromatic nitrogens is 3. The number of hydrogen-bond donors (Lipinski definition) is 3. The highest BCUT2D eigenvalue weighted by Gasteiger charge is 2.21. The molecular weight excluding hydrogens is 362 g/mol.